The summed E-state index contributed by atoms with van der Waals surface area (Å²) >= 11 is 0. The van der Waals surface area contributed by atoms with Gasteiger partial charge in [-0.25, -0.2) is 8.42 Å². The van der Waals surface area contributed by atoms with Crippen LogP contribution in [0, 0.1) is 0 Å². The van der Waals surface area contributed by atoms with Crippen molar-refractivity contribution >= 4 is 19.7 Å². The van der Waals surface area contributed by atoms with E-state index in [9.17, 15) is 8.42 Å². The summed E-state index contributed by atoms with van der Waals surface area (Å²) in [5.41, 5.74) is 1.44. The fourth-order valence-electron chi connectivity index (χ4n) is 1.97. The topological polar surface area (TPSA) is 43.4 Å². The average Bonchev–Trinajstić information content (AvgIpc) is 2.36. The highest BCUT2D eigenvalue weighted by Gasteiger charge is 2.12. The molecule has 0 aliphatic heterocycles. The molecule has 1 rings (SSSR count). The van der Waals surface area contributed by atoms with Crippen LogP contribution in [0.15, 0.2) is 24.3 Å². The Kier molecular flexibility index (Phi) is 7.01. The summed E-state index contributed by atoms with van der Waals surface area (Å²) in [4.78, 5) is 0. The summed E-state index contributed by atoms with van der Waals surface area (Å²) in [6.07, 6.45) is 3.35. The molecule has 0 heterocycles. The Hall–Kier alpha value is -0.740. The largest absolute Gasteiger partial charge is 0.494 e. The molecule has 0 saturated carbocycles. The molecule has 0 amide bonds. The molecule has 21 heavy (non-hydrogen) atoms. The van der Waals surface area contributed by atoms with Crippen LogP contribution < -0.4 is 4.74 Å². The molecule has 0 aromatic heterocycles. The summed E-state index contributed by atoms with van der Waals surface area (Å²) < 4.78 is 27.2. The van der Waals surface area contributed by atoms with Crippen LogP contribution in [0.25, 0.3) is 0 Å². The van der Waals surface area contributed by atoms with E-state index in [4.69, 9.17) is 15.4 Å². The lowest BCUT2D eigenvalue weighted by atomic mass is 9.87. The van der Waals surface area contributed by atoms with Crippen LogP contribution >= 0.6 is 10.7 Å². The molecule has 3 nitrogen and oxygen atoms in total. The van der Waals surface area contributed by atoms with Gasteiger partial charge in [-0.1, -0.05) is 45.7 Å². The molecule has 0 N–H and O–H groups in total. The Bertz CT molecular complexity index is 515. The van der Waals surface area contributed by atoms with Gasteiger partial charge >= 0.3 is 0 Å². The second-order valence-corrected chi connectivity index (χ2v) is 9.18. The molecule has 0 radical (unpaired) electrons. The summed E-state index contributed by atoms with van der Waals surface area (Å²) in [5.74, 6) is 0.940. The van der Waals surface area contributed by atoms with Gasteiger partial charge in [-0.3, -0.25) is 0 Å². The number of unbranched alkanes of at least 4 members (excludes halogenated alkanes) is 3. The van der Waals surface area contributed by atoms with Crippen molar-refractivity contribution in [2.75, 3.05) is 12.4 Å². The fourth-order valence-corrected chi connectivity index (χ4v) is 2.85. The Balaban J connectivity index is 2.19. The van der Waals surface area contributed by atoms with Crippen molar-refractivity contribution in [3.63, 3.8) is 0 Å². The maximum Gasteiger partial charge on any atom is 0.232 e. The van der Waals surface area contributed by atoms with Crippen molar-refractivity contribution in [3.05, 3.63) is 29.8 Å². The van der Waals surface area contributed by atoms with Gasteiger partial charge in [-0.2, -0.15) is 0 Å². The highest BCUT2D eigenvalue weighted by atomic mass is 35.7. The number of ether oxygens (including phenoxy) is 1. The number of hydrogen-bond acceptors (Lipinski definition) is 3. The Morgan fingerprint density at radius 2 is 1.57 bits per heavy atom. The number of benzene rings is 1. The van der Waals surface area contributed by atoms with Crippen molar-refractivity contribution < 1.29 is 13.2 Å². The molecule has 0 atom stereocenters. The van der Waals surface area contributed by atoms with Crippen molar-refractivity contribution in [2.24, 2.45) is 0 Å². The van der Waals surface area contributed by atoms with Crippen LogP contribution in [0.2, 0.25) is 0 Å². The van der Waals surface area contributed by atoms with Gasteiger partial charge in [-0.15, -0.1) is 0 Å². The predicted molar refractivity (Wildman–Crippen MR) is 88.7 cm³/mol. The number of hydrogen-bond donors (Lipinski definition) is 0. The van der Waals surface area contributed by atoms with Crippen LogP contribution in [0.4, 0.5) is 0 Å². The molecular weight excluding hydrogens is 308 g/mol. The summed E-state index contributed by atoms with van der Waals surface area (Å²) in [7, 11) is 1.81. The normalized spacial score (nSPS) is 12.4. The zero-order valence-corrected chi connectivity index (χ0v) is 14.6. The third-order valence-electron chi connectivity index (χ3n) is 3.27. The SMILES string of the molecule is CC(C)(C)c1ccc(OCCCCCCS(=O)(=O)Cl)cc1. The standard InChI is InChI=1S/C16H25ClO3S/c1-16(2,3)14-8-10-15(11-9-14)20-12-6-4-5-7-13-21(17,18)19/h8-11H,4-7,12-13H2,1-3H3. The first kappa shape index (κ1) is 18.3. The molecule has 5 heteroatoms. The quantitative estimate of drug-likeness (QED) is 0.520. The number of halogens is 1. The van der Waals surface area contributed by atoms with Gasteiger partial charge in [0.1, 0.15) is 5.75 Å². The first-order valence-electron chi connectivity index (χ1n) is 7.34. The third-order valence-corrected chi connectivity index (χ3v) is 4.51. The zero-order chi connectivity index (χ0) is 15.9. The fraction of sp³-hybridized carbons (Fsp3) is 0.625. The average molecular weight is 333 g/mol. The van der Waals surface area contributed by atoms with Crippen LogP contribution in [0.1, 0.15) is 52.0 Å². The van der Waals surface area contributed by atoms with E-state index in [1.807, 2.05) is 12.1 Å². The zero-order valence-electron chi connectivity index (χ0n) is 13.1. The minimum absolute atomic E-state index is 0.0592. The van der Waals surface area contributed by atoms with E-state index in [1.165, 1.54) is 5.56 Å². The van der Waals surface area contributed by atoms with E-state index < -0.39 is 9.05 Å². The van der Waals surface area contributed by atoms with Gasteiger partial charge < -0.3 is 4.74 Å². The number of rotatable bonds is 8. The van der Waals surface area contributed by atoms with Gasteiger partial charge in [0.15, 0.2) is 0 Å². The molecule has 0 fully saturated rings. The Morgan fingerprint density at radius 3 is 2.10 bits per heavy atom. The van der Waals surface area contributed by atoms with E-state index in [1.54, 1.807) is 0 Å². The van der Waals surface area contributed by atoms with E-state index >= 15 is 0 Å². The molecule has 0 aliphatic carbocycles. The summed E-state index contributed by atoms with van der Waals surface area (Å²) in [5, 5.41) is 0. The summed E-state index contributed by atoms with van der Waals surface area (Å²) in [6, 6.07) is 8.20. The van der Waals surface area contributed by atoms with E-state index in [0.717, 1.165) is 25.0 Å². The monoisotopic (exact) mass is 332 g/mol. The minimum Gasteiger partial charge on any atom is -0.494 e. The summed E-state index contributed by atoms with van der Waals surface area (Å²) in [6.45, 7) is 7.21. The second-order valence-electron chi connectivity index (χ2n) is 6.28. The van der Waals surface area contributed by atoms with Crippen molar-refractivity contribution in [1.82, 2.24) is 0 Å². The van der Waals surface area contributed by atoms with Crippen LogP contribution in [0.3, 0.4) is 0 Å². The molecular formula is C16H25ClO3S. The first-order valence-corrected chi connectivity index (χ1v) is 9.82. The van der Waals surface area contributed by atoms with E-state index in [2.05, 4.69) is 32.9 Å². The smallest absolute Gasteiger partial charge is 0.232 e. The maximum absolute atomic E-state index is 10.7. The lowest BCUT2D eigenvalue weighted by Gasteiger charge is -2.19. The predicted octanol–water partition coefficient (Wildman–Crippen LogP) is 4.49. The molecule has 120 valence electrons. The van der Waals surface area contributed by atoms with Crippen LogP contribution in [-0.2, 0) is 14.5 Å². The van der Waals surface area contributed by atoms with Crippen molar-refractivity contribution in [1.29, 1.82) is 0 Å². The van der Waals surface area contributed by atoms with Gasteiger partial charge in [0.25, 0.3) is 0 Å². The minimum atomic E-state index is -3.34. The third kappa shape index (κ3) is 8.32. The first-order chi connectivity index (χ1) is 9.68. The van der Waals surface area contributed by atoms with Gasteiger partial charge in [0, 0.05) is 10.7 Å². The Labute approximate surface area is 133 Å². The second kappa shape index (κ2) is 8.04. The lowest BCUT2D eigenvalue weighted by molar-refractivity contribution is 0.305. The van der Waals surface area contributed by atoms with Crippen LogP contribution in [-0.4, -0.2) is 20.8 Å². The highest BCUT2D eigenvalue weighted by Crippen LogP contribution is 2.24. The van der Waals surface area contributed by atoms with Gasteiger partial charge in [-0.05, 0) is 36.0 Å². The molecule has 0 unspecified atom stereocenters. The van der Waals surface area contributed by atoms with E-state index in [-0.39, 0.29) is 11.2 Å². The van der Waals surface area contributed by atoms with Gasteiger partial charge in [0.05, 0.1) is 12.4 Å². The molecule has 0 spiro atoms. The van der Waals surface area contributed by atoms with Gasteiger partial charge in [0.2, 0.25) is 9.05 Å². The van der Waals surface area contributed by atoms with Crippen molar-refractivity contribution in [2.45, 2.75) is 51.9 Å². The molecule has 1 aromatic carbocycles. The van der Waals surface area contributed by atoms with Crippen LogP contribution in [0.5, 0.6) is 5.75 Å². The maximum atomic E-state index is 10.7. The highest BCUT2D eigenvalue weighted by molar-refractivity contribution is 8.13. The lowest BCUT2D eigenvalue weighted by Crippen LogP contribution is -2.10. The molecule has 0 saturated heterocycles. The van der Waals surface area contributed by atoms with E-state index in [0.29, 0.717) is 13.0 Å². The molecule has 0 bridgehead atoms. The Morgan fingerprint density at radius 1 is 1.00 bits per heavy atom. The molecule has 1 aromatic rings. The molecule has 0 aliphatic rings. The van der Waals surface area contributed by atoms with Crippen molar-refractivity contribution in [3.8, 4) is 5.75 Å².